The second-order valence-corrected chi connectivity index (χ2v) is 6.73. The molecule has 108 valence electrons. The second-order valence-electron chi connectivity index (χ2n) is 5.53. The highest BCUT2D eigenvalue weighted by atomic mass is 32.1. The highest BCUT2D eigenvalue weighted by molar-refractivity contribution is 7.13. The van der Waals surface area contributed by atoms with Crippen LogP contribution in [0.4, 0.5) is 0 Å². The van der Waals surface area contributed by atoms with Crippen LogP contribution in [0.1, 0.15) is 48.1 Å². The fraction of sp³-hybridized carbons (Fsp3) is 0.714. The van der Waals surface area contributed by atoms with Gasteiger partial charge in [-0.3, -0.25) is 4.79 Å². The minimum atomic E-state index is -0.0750. The van der Waals surface area contributed by atoms with E-state index in [1.807, 2.05) is 20.8 Å². The monoisotopic (exact) mass is 284 g/mol. The molecule has 1 aromatic rings. The lowest BCUT2D eigenvalue weighted by atomic mass is 10.0. The van der Waals surface area contributed by atoms with Crippen molar-refractivity contribution in [2.45, 2.75) is 47.1 Å². The van der Waals surface area contributed by atoms with Gasteiger partial charge in [0, 0.05) is 12.6 Å². The molecule has 0 spiro atoms. The van der Waals surface area contributed by atoms with Crippen molar-refractivity contribution in [2.24, 2.45) is 11.8 Å². The first kappa shape index (κ1) is 16.1. The van der Waals surface area contributed by atoms with Crippen molar-refractivity contribution in [2.75, 3.05) is 6.61 Å². The van der Waals surface area contributed by atoms with E-state index in [0.717, 1.165) is 17.1 Å². The number of amides is 1. The predicted molar refractivity (Wildman–Crippen MR) is 78.6 cm³/mol. The number of aromatic nitrogens is 1. The molecule has 4 nitrogen and oxygen atoms in total. The summed E-state index contributed by atoms with van der Waals surface area (Å²) in [6, 6.07) is -0.0493. The first-order valence-corrected chi connectivity index (χ1v) is 7.54. The average molecular weight is 284 g/mol. The van der Waals surface area contributed by atoms with Gasteiger partial charge < -0.3 is 10.4 Å². The molecule has 1 amide bonds. The summed E-state index contributed by atoms with van der Waals surface area (Å²) in [5, 5.41) is 13.0. The van der Waals surface area contributed by atoms with Crippen LogP contribution in [-0.2, 0) is 6.42 Å². The number of hydrogen-bond acceptors (Lipinski definition) is 4. The SMILES string of the molecule is Cc1nc(CC(C)C)c(C(=O)NC(C)C(C)CO)s1. The van der Waals surface area contributed by atoms with E-state index in [9.17, 15) is 4.79 Å². The van der Waals surface area contributed by atoms with Crippen LogP contribution in [0.5, 0.6) is 0 Å². The molecule has 0 bridgehead atoms. The number of thiazole rings is 1. The van der Waals surface area contributed by atoms with Gasteiger partial charge in [0.2, 0.25) is 0 Å². The van der Waals surface area contributed by atoms with Crippen LogP contribution in [0.25, 0.3) is 0 Å². The van der Waals surface area contributed by atoms with E-state index in [1.165, 1.54) is 11.3 Å². The van der Waals surface area contributed by atoms with Gasteiger partial charge in [0.05, 0.1) is 10.7 Å². The molecule has 0 aliphatic rings. The van der Waals surface area contributed by atoms with Crippen molar-refractivity contribution < 1.29 is 9.90 Å². The Morgan fingerprint density at radius 1 is 1.37 bits per heavy atom. The third-order valence-corrected chi connectivity index (χ3v) is 4.12. The minimum Gasteiger partial charge on any atom is -0.396 e. The highest BCUT2D eigenvalue weighted by Crippen LogP contribution is 2.21. The van der Waals surface area contributed by atoms with E-state index in [1.54, 1.807) is 0 Å². The van der Waals surface area contributed by atoms with E-state index in [4.69, 9.17) is 5.11 Å². The Hall–Kier alpha value is -0.940. The van der Waals surface area contributed by atoms with E-state index in [-0.39, 0.29) is 24.5 Å². The van der Waals surface area contributed by atoms with Crippen LogP contribution in [-0.4, -0.2) is 28.6 Å². The van der Waals surface area contributed by atoms with Crippen molar-refractivity contribution in [1.29, 1.82) is 0 Å². The lowest BCUT2D eigenvalue weighted by molar-refractivity contribution is 0.0919. The molecule has 0 aliphatic carbocycles. The summed E-state index contributed by atoms with van der Waals surface area (Å²) in [5.41, 5.74) is 0.888. The van der Waals surface area contributed by atoms with Crippen molar-refractivity contribution in [3.63, 3.8) is 0 Å². The average Bonchev–Trinajstić information content (AvgIpc) is 2.68. The zero-order chi connectivity index (χ0) is 14.6. The van der Waals surface area contributed by atoms with Crippen molar-refractivity contribution in [1.82, 2.24) is 10.3 Å². The molecular formula is C14H24N2O2S. The zero-order valence-electron chi connectivity index (χ0n) is 12.4. The summed E-state index contributed by atoms with van der Waals surface area (Å²) in [6.07, 6.45) is 0.816. The van der Waals surface area contributed by atoms with Gasteiger partial charge in [-0.1, -0.05) is 20.8 Å². The molecule has 1 rings (SSSR count). The van der Waals surface area contributed by atoms with Gasteiger partial charge in [-0.05, 0) is 32.1 Å². The number of aliphatic hydroxyl groups is 1. The summed E-state index contributed by atoms with van der Waals surface area (Å²) in [4.78, 5) is 17.4. The molecule has 2 atom stereocenters. The quantitative estimate of drug-likeness (QED) is 0.843. The molecule has 0 saturated carbocycles. The van der Waals surface area contributed by atoms with E-state index >= 15 is 0 Å². The Morgan fingerprint density at radius 3 is 2.53 bits per heavy atom. The number of rotatable bonds is 6. The summed E-state index contributed by atoms with van der Waals surface area (Å²) in [7, 11) is 0. The third-order valence-electron chi connectivity index (χ3n) is 3.11. The van der Waals surface area contributed by atoms with Crippen LogP contribution in [0.2, 0.25) is 0 Å². The van der Waals surface area contributed by atoms with E-state index in [0.29, 0.717) is 10.8 Å². The molecule has 0 radical (unpaired) electrons. The minimum absolute atomic E-state index is 0.0477. The molecule has 2 N–H and O–H groups in total. The Kier molecular flexibility index (Phi) is 5.94. The maximum absolute atomic E-state index is 12.3. The Balaban J connectivity index is 2.81. The Morgan fingerprint density at radius 2 is 2.00 bits per heavy atom. The molecular weight excluding hydrogens is 260 g/mol. The summed E-state index contributed by atoms with van der Waals surface area (Å²) < 4.78 is 0. The second kappa shape index (κ2) is 7.01. The number of nitrogens with zero attached hydrogens (tertiary/aromatic N) is 1. The number of aryl methyl sites for hydroxylation is 1. The number of hydrogen-bond donors (Lipinski definition) is 2. The van der Waals surface area contributed by atoms with E-state index < -0.39 is 0 Å². The Labute approximate surface area is 119 Å². The maximum Gasteiger partial charge on any atom is 0.263 e. The third kappa shape index (κ3) is 4.58. The first-order valence-electron chi connectivity index (χ1n) is 6.73. The molecule has 2 unspecified atom stereocenters. The van der Waals surface area contributed by atoms with Crippen LogP contribution in [0.15, 0.2) is 0 Å². The number of aliphatic hydroxyl groups excluding tert-OH is 1. The molecule has 0 aromatic carbocycles. The summed E-state index contributed by atoms with van der Waals surface area (Å²) in [5.74, 6) is 0.447. The lowest BCUT2D eigenvalue weighted by Gasteiger charge is -2.19. The van der Waals surface area contributed by atoms with Crippen molar-refractivity contribution in [3.8, 4) is 0 Å². The number of carbonyl (C=O) groups is 1. The molecule has 1 heterocycles. The fourth-order valence-corrected chi connectivity index (χ4v) is 2.60. The van der Waals surface area contributed by atoms with Crippen molar-refractivity contribution in [3.05, 3.63) is 15.6 Å². The predicted octanol–water partition coefficient (Wildman–Crippen LogP) is 2.40. The molecule has 19 heavy (non-hydrogen) atoms. The van der Waals surface area contributed by atoms with Gasteiger partial charge in [0.25, 0.3) is 5.91 Å². The lowest BCUT2D eigenvalue weighted by Crippen LogP contribution is -2.38. The van der Waals surface area contributed by atoms with Crippen LogP contribution in [0, 0.1) is 18.8 Å². The summed E-state index contributed by atoms with van der Waals surface area (Å²) in [6.45, 7) is 10.1. The molecule has 0 fully saturated rings. The first-order chi connectivity index (χ1) is 8.85. The zero-order valence-corrected chi connectivity index (χ0v) is 13.2. The van der Waals surface area contributed by atoms with E-state index in [2.05, 4.69) is 24.1 Å². The van der Waals surface area contributed by atoms with Gasteiger partial charge in [-0.25, -0.2) is 4.98 Å². The topological polar surface area (TPSA) is 62.2 Å². The van der Waals surface area contributed by atoms with Crippen LogP contribution < -0.4 is 5.32 Å². The highest BCUT2D eigenvalue weighted by Gasteiger charge is 2.20. The van der Waals surface area contributed by atoms with Gasteiger partial charge >= 0.3 is 0 Å². The normalized spacial score (nSPS) is 14.5. The molecule has 5 heteroatoms. The summed E-state index contributed by atoms with van der Waals surface area (Å²) >= 11 is 1.44. The Bertz CT molecular complexity index is 429. The molecule has 0 aliphatic heterocycles. The van der Waals surface area contributed by atoms with Gasteiger partial charge in [0.1, 0.15) is 4.88 Å². The standard InChI is InChI=1S/C14H24N2O2S/c1-8(2)6-12-13(19-11(5)16-12)14(18)15-10(4)9(3)7-17/h8-10,17H,6-7H2,1-5H3,(H,15,18). The van der Waals surface area contributed by atoms with Gasteiger partial charge in [-0.15, -0.1) is 11.3 Å². The van der Waals surface area contributed by atoms with Gasteiger partial charge in [-0.2, -0.15) is 0 Å². The smallest absolute Gasteiger partial charge is 0.263 e. The maximum atomic E-state index is 12.3. The fourth-order valence-electron chi connectivity index (χ4n) is 1.75. The van der Waals surface area contributed by atoms with Crippen LogP contribution >= 0.6 is 11.3 Å². The van der Waals surface area contributed by atoms with Crippen molar-refractivity contribution >= 4 is 17.2 Å². The van der Waals surface area contributed by atoms with Crippen LogP contribution in [0.3, 0.4) is 0 Å². The largest absolute Gasteiger partial charge is 0.396 e. The number of nitrogens with one attached hydrogen (secondary N) is 1. The molecule has 1 aromatic heterocycles. The number of carbonyl (C=O) groups excluding carboxylic acids is 1. The molecule has 0 saturated heterocycles. The van der Waals surface area contributed by atoms with Gasteiger partial charge in [0.15, 0.2) is 0 Å².